The van der Waals surface area contributed by atoms with Crippen molar-refractivity contribution < 1.29 is 4.79 Å². The molecule has 0 fully saturated rings. The van der Waals surface area contributed by atoms with E-state index < -0.39 is 0 Å². The van der Waals surface area contributed by atoms with Crippen LogP contribution in [0.1, 0.15) is 37.0 Å². The van der Waals surface area contributed by atoms with E-state index in [-0.39, 0.29) is 5.78 Å². The number of fused-ring (bicyclic) bond motifs is 1. The predicted molar refractivity (Wildman–Crippen MR) is 68.8 cm³/mol. The number of carbonyl (C=O) groups is 1. The van der Waals surface area contributed by atoms with Gasteiger partial charge >= 0.3 is 0 Å². The molecule has 0 aliphatic heterocycles. The first-order chi connectivity index (χ1) is 7.74. The summed E-state index contributed by atoms with van der Waals surface area (Å²) in [4.78, 5) is 15.7. The van der Waals surface area contributed by atoms with Crippen LogP contribution in [0.25, 0.3) is 0 Å². The van der Waals surface area contributed by atoms with Gasteiger partial charge in [-0.25, -0.2) is 0 Å². The number of hydrogen-bond acceptors (Lipinski definition) is 3. The van der Waals surface area contributed by atoms with Gasteiger partial charge in [-0.05, 0) is 43.9 Å². The molecule has 2 aromatic rings. The Balaban J connectivity index is 1.95. The second kappa shape index (κ2) is 3.82. The minimum absolute atomic E-state index is 0.198. The number of aryl methyl sites for hydroxylation is 3. The average molecular weight is 248 g/mol. The fraction of sp³-hybridized carbons (Fsp3) is 0.308. The summed E-state index contributed by atoms with van der Waals surface area (Å²) in [5.41, 5.74) is 2.25. The first kappa shape index (κ1) is 10.2. The smallest absolute Gasteiger partial charge is 0.203 e. The predicted octanol–water partition coefficient (Wildman–Crippen LogP) is 3.84. The molecule has 0 N–H and O–H groups in total. The highest BCUT2D eigenvalue weighted by molar-refractivity contribution is 7.14. The van der Waals surface area contributed by atoms with Crippen LogP contribution in [-0.2, 0) is 12.8 Å². The topological polar surface area (TPSA) is 17.1 Å². The van der Waals surface area contributed by atoms with Gasteiger partial charge in [-0.3, -0.25) is 4.79 Å². The van der Waals surface area contributed by atoms with Crippen LogP contribution in [0, 0.1) is 6.92 Å². The molecule has 2 heterocycles. The number of thiophene rings is 2. The number of ketones is 1. The van der Waals surface area contributed by atoms with Crippen LogP contribution >= 0.6 is 22.7 Å². The van der Waals surface area contributed by atoms with Gasteiger partial charge in [0.2, 0.25) is 5.78 Å². The molecule has 1 aliphatic rings. The Morgan fingerprint density at radius 3 is 2.88 bits per heavy atom. The van der Waals surface area contributed by atoms with Crippen LogP contribution in [0.4, 0.5) is 0 Å². The van der Waals surface area contributed by atoms with Gasteiger partial charge in [0.25, 0.3) is 0 Å². The van der Waals surface area contributed by atoms with Crippen molar-refractivity contribution in [1.82, 2.24) is 0 Å². The summed E-state index contributed by atoms with van der Waals surface area (Å²) in [6.07, 6.45) is 3.57. The van der Waals surface area contributed by atoms with Crippen LogP contribution < -0.4 is 0 Å². The molecule has 3 heteroatoms. The molecule has 1 aliphatic carbocycles. The van der Waals surface area contributed by atoms with E-state index in [0.29, 0.717) is 0 Å². The molecule has 0 saturated carbocycles. The van der Waals surface area contributed by atoms with Crippen molar-refractivity contribution in [2.75, 3.05) is 0 Å². The van der Waals surface area contributed by atoms with Gasteiger partial charge in [0, 0.05) is 20.7 Å². The van der Waals surface area contributed by atoms with E-state index in [1.807, 2.05) is 18.4 Å². The monoisotopic (exact) mass is 248 g/mol. The van der Waals surface area contributed by atoms with Gasteiger partial charge in [0.15, 0.2) is 0 Å². The zero-order chi connectivity index (χ0) is 11.1. The van der Waals surface area contributed by atoms with Crippen LogP contribution in [-0.4, -0.2) is 5.78 Å². The molecule has 0 saturated heterocycles. The Kier molecular flexibility index (Phi) is 2.45. The molecule has 0 unspecified atom stereocenters. The maximum atomic E-state index is 12.2. The Hall–Kier alpha value is -0.930. The molecule has 2 aromatic heterocycles. The highest BCUT2D eigenvalue weighted by atomic mass is 32.1. The van der Waals surface area contributed by atoms with E-state index in [1.165, 1.54) is 21.7 Å². The van der Waals surface area contributed by atoms with Crippen LogP contribution in [0.3, 0.4) is 0 Å². The van der Waals surface area contributed by atoms with Crippen molar-refractivity contribution in [2.45, 2.75) is 26.2 Å². The van der Waals surface area contributed by atoms with Gasteiger partial charge in [-0.1, -0.05) is 0 Å². The van der Waals surface area contributed by atoms with Crippen molar-refractivity contribution in [1.29, 1.82) is 0 Å². The molecule has 16 heavy (non-hydrogen) atoms. The molecule has 1 nitrogen and oxygen atoms in total. The highest BCUT2D eigenvalue weighted by Crippen LogP contribution is 2.32. The summed E-state index contributed by atoms with van der Waals surface area (Å²) in [7, 11) is 0. The summed E-state index contributed by atoms with van der Waals surface area (Å²) in [6, 6.07) is 4.08. The maximum absolute atomic E-state index is 12.2. The minimum Gasteiger partial charge on any atom is -0.288 e. The zero-order valence-corrected chi connectivity index (χ0v) is 10.7. The summed E-state index contributed by atoms with van der Waals surface area (Å²) >= 11 is 3.33. The van der Waals surface area contributed by atoms with E-state index >= 15 is 0 Å². The first-order valence-electron chi connectivity index (χ1n) is 5.45. The summed E-state index contributed by atoms with van der Waals surface area (Å²) in [5.74, 6) is 0.198. The Labute approximate surface area is 103 Å². The van der Waals surface area contributed by atoms with Crippen LogP contribution in [0.15, 0.2) is 17.5 Å². The molecular formula is C13H12OS2. The lowest BCUT2D eigenvalue weighted by molar-refractivity contribution is 0.104. The Morgan fingerprint density at radius 2 is 2.19 bits per heavy atom. The van der Waals surface area contributed by atoms with Crippen molar-refractivity contribution in [3.8, 4) is 0 Å². The largest absolute Gasteiger partial charge is 0.288 e. The van der Waals surface area contributed by atoms with Gasteiger partial charge < -0.3 is 0 Å². The number of carbonyl (C=O) groups excluding carboxylic acids is 1. The van der Waals surface area contributed by atoms with E-state index in [2.05, 4.69) is 6.07 Å². The average Bonchev–Trinajstić information content (AvgIpc) is 2.89. The number of rotatable bonds is 2. The van der Waals surface area contributed by atoms with Crippen molar-refractivity contribution in [3.05, 3.63) is 43.3 Å². The highest BCUT2D eigenvalue weighted by Gasteiger charge is 2.19. The second-order valence-corrected chi connectivity index (χ2v) is 6.44. The van der Waals surface area contributed by atoms with E-state index in [4.69, 9.17) is 0 Å². The van der Waals surface area contributed by atoms with E-state index in [9.17, 15) is 4.79 Å². The van der Waals surface area contributed by atoms with Gasteiger partial charge in [0.05, 0.1) is 4.88 Å². The Bertz CT molecular complexity index is 527. The third kappa shape index (κ3) is 1.64. The minimum atomic E-state index is 0.198. The summed E-state index contributed by atoms with van der Waals surface area (Å²) in [5, 5.41) is 1.96. The molecule has 0 bridgehead atoms. The van der Waals surface area contributed by atoms with Gasteiger partial charge in [-0.15, -0.1) is 22.7 Å². The van der Waals surface area contributed by atoms with Crippen molar-refractivity contribution in [3.63, 3.8) is 0 Å². The third-order valence-corrected chi connectivity index (χ3v) is 5.06. The lowest BCUT2D eigenvalue weighted by Gasteiger charge is -1.93. The van der Waals surface area contributed by atoms with Crippen LogP contribution in [0.2, 0.25) is 0 Å². The number of hydrogen-bond donors (Lipinski definition) is 0. The summed E-state index contributed by atoms with van der Waals surface area (Å²) < 4.78 is 0. The standard InChI is InChI=1S/C13H12OS2/c1-8-5-10(7-15-8)13(14)12-6-9-3-2-4-11(9)16-12/h5-7H,2-4H2,1H3. The third-order valence-electron chi connectivity index (χ3n) is 2.96. The zero-order valence-electron chi connectivity index (χ0n) is 9.08. The normalized spacial score (nSPS) is 14.1. The molecule has 0 aromatic carbocycles. The van der Waals surface area contributed by atoms with Crippen molar-refractivity contribution >= 4 is 28.5 Å². The van der Waals surface area contributed by atoms with E-state index in [1.54, 1.807) is 22.7 Å². The molecule has 0 spiro atoms. The molecule has 0 amide bonds. The van der Waals surface area contributed by atoms with Crippen molar-refractivity contribution in [2.24, 2.45) is 0 Å². The molecular weight excluding hydrogens is 236 g/mol. The lowest BCUT2D eigenvalue weighted by Crippen LogP contribution is -1.95. The quantitative estimate of drug-likeness (QED) is 0.738. The first-order valence-corrected chi connectivity index (χ1v) is 7.15. The summed E-state index contributed by atoms with van der Waals surface area (Å²) in [6.45, 7) is 2.04. The van der Waals surface area contributed by atoms with E-state index in [0.717, 1.165) is 23.3 Å². The van der Waals surface area contributed by atoms with Gasteiger partial charge in [-0.2, -0.15) is 0 Å². The molecule has 3 rings (SSSR count). The van der Waals surface area contributed by atoms with Crippen LogP contribution in [0.5, 0.6) is 0 Å². The Morgan fingerprint density at radius 1 is 1.31 bits per heavy atom. The fourth-order valence-electron chi connectivity index (χ4n) is 2.15. The lowest BCUT2D eigenvalue weighted by atomic mass is 10.1. The molecule has 0 radical (unpaired) electrons. The SMILES string of the molecule is Cc1cc(C(=O)c2cc3c(s2)CCC3)cs1. The van der Waals surface area contributed by atoms with Gasteiger partial charge in [0.1, 0.15) is 0 Å². The second-order valence-electron chi connectivity index (χ2n) is 4.19. The molecule has 82 valence electrons. The maximum Gasteiger partial charge on any atom is 0.203 e. The fourth-order valence-corrected chi connectivity index (χ4v) is 4.04. The molecule has 0 atom stereocenters.